The normalized spacial score (nSPS) is 20.0. The van der Waals surface area contributed by atoms with E-state index in [0.29, 0.717) is 5.69 Å². The SMILES string of the molecule is O=C(c1cscn1)N1CCCCC1c1ccn[nH]1. The van der Waals surface area contributed by atoms with E-state index in [1.807, 2.05) is 11.0 Å². The third-order valence-electron chi connectivity index (χ3n) is 3.30. The molecule has 1 aliphatic rings. The fourth-order valence-electron chi connectivity index (χ4n) is 2.42. The fraction of sp³-hybridized carbons (Fsp3) is 0.417. The number of aromatic nitrogens is 3. The van der Waals surface area contributed by atoms with Crippen LogP contribution < -0.4 is 0 Å². The molecule has 1 fully saturated rings. The number of aromatic amines is 1. The van der Waals surface area contributed by atoms with Crippen molar-refractivity contribution in [1.29, 1.82) is 0 Å². The molecule has 3 heterocycles. The number of nitrogens with one attached hydrogen (secondary N) is 1. The van der Waals surface area contributed by atoms with Gasteiger partial charge in [0, 0.05) is 18.1 Å². The van der Waals surface area contributed by atoms with Crippen LogP contribution in [0.1, 0.15) is 41.5 Å². The Morgan fingerprint density at radius 2 is 2.44 bits per heavy atom. The van der Waals surface area contributed by atoms with Crippen LogP contribution >= 0.6 is 11.3 Å². The molecule has 0 bridgehead atoms. The van der Waals surface area contributed by atoms with Gasteiger partial charge in [0.2, 0.25) is 0 Å². The minimum Gasteiger partial charge on any atom is -0.329 e. The number of likely N-dealkylation sites (tertiary alicyclic amines) is 1. The first-order valence-electron chi connectivity index (χ1n) is 6.04. The van der Waals surface area contributed by atoms with E-state index < -0.39 is 0 Å². The molecule has 6 heteroatoms. The number of amides is 1. The third-order valence-corrected chi connectivity index (χ3v) is 3.88. The van der Waals surface area contributed by atoms with E-state index >= 15 is 0 Å². The predicted octanol–water partition coefficient (Wildman–Crippen LogP) is 2.23. The molecule has 1 saturated heterocycles. The Morgan fingerprint density at radius 1 is 1.50 bits per heavy atom. The van der Waals surface area contributed by atoms with Crippen molar-refractivity contribution in [3.8, 4) is 0 Å². The quantitative estimate of drug-likeness (QED) is 0.902. The van der Waals surface area contributed by atoms with E-state index in [4.69, 9.17) is 0 Å². The first-order chi connectivity index (χ1) is 8.86. The van der Waals surface area contributed by atoms with E-state index in [9.17, 15) is 4.79 Å². The zero-order valence-corrected chi connectivity index (χ0v) is 10.7. The minimum absolute atomic E-state index is 0.0237. The van der Waals surface area contributed by atoms with Crippen LogP contribution in [0.5, 0.6) is 0 Å². The lowest BCUT2D eigenvalue weighted by Gasteiger charge is -2.34. The van der Waals surface area contributed by atoms with Gasteiger partial charge in [0.05, 0.1) is 17.2 Å². The molecule has 0 aromatic carbocycles. The second-order valence-electron chi connectivity index (χ2n) is 4.40. The standard InChI is InChI=1S/C12H14N4OS/c17-12(10-7-18-8-13-10)16-6-2-1-3-11(16)9-4-5-14-15-9/h4-5,7-8,11H,1-3,6H2,(H,14,15). The molecule has 0 saturated carbocycles. The topological polar surface area (TPSA) is 61.9 Å². The Morgan fingerprint density at radius 3 is 3.17 bits per heavy atom. The highest BCUT2D eigenvalue weighted by molar-refractivity contribution is 7.07. The van der Waals surface area contributed by atoms with Gasteiger partial charge in [0.15, 0.2) is 0 Å². The lowest BCUT2D eigenvalue weighted by atomic mass is 9.99. The van der Waals surface area contributed by atoms with Crippen LogP contribution in [-0.2, 0) is 0 Å². The van der Waals surface area contributed by atoms with Crippen LogP contribution in [-0.4, -0.2) is 32.5 Å². The number of piperidine rings is 1. The molecule has 1 N–H and O–H groups in total. The zero-order valence-electron chi connectivity index (χ0n) is 9.87. The van der Waals surface area contributed by atoms with Crippen LogP contribution in [0.4, 0.5) is 0 Å². The lowest BCUT2D eigenvalue weighted by Crippen LogP contribution is -2.38. The second kappa shape index (κ2) is 4.89. The summed E-state index contributed by atoms with van der Waals surface area (Å²) in [6.07, 6.45) is 4.92. The van der Waals surface area contributed by atoms with Crippen LogP contribution in [0.15, 0.2) is 23.2 Å². The Balaban J connectivity index is 1.86. The Hall–Kier alpha value is -1.69. The summed E-state index contributed by atoms with van der Waals surface area (Å²) in [5.74, 6) is 0.0237. The van der Waals surface area contributed by atoms with Crippen molar-refractivity contribution >= 4 is 17.2 Å². The molecule has 2 aromatic heterocycles. The predicted molar refractivity (Wildman–Crippen MR) is 68.3 cm³/mol. The maximum absolute atomic E-state index is 12.4. The molecule has 3 rings (SSSR count). The van der Waals surface area contributed by atoms with Crippen molar-refractivity contribution in [1.82, 2.24) is 20.1 Å². The number of carbonyl (C=O) groups is 1. The maximum Gasteiger partial charge on any atom is 0.273 e. The van der Waals surface area contributed by atoms with Gasteiger partial charge in [-0.25, -0.2) is 4.98 Å². The number of hydrogen-bond acceptors (Lipinski definition) is 4. The summed E-state index contributed by atoms with van der Waals surface area (Å²) >= 11 is 1.45. The molecule has 1 aliphatic heterocycles. The van der Waals surface area contributed by atoms with Crippen molar-refractivity contribution in [2.24, 2.45) is 0 Å². The third kappa shape index (κ3) is 2.03. The average molecular weight is 262 g/mol. The van der Waals surface area contributed by atoms with Crippen molar-refractivity contribution in [2.75, 3.05) is 6.54 Å². The molecule has 94 valence electrons. The summed E-state index contributed by atoms with van der Waals surface area (Å²) < 4.78 is 0. The highest BCUT2D eigenvalue weighted by atomic mass is 32.1. The van der Waals surface area contributed by atoms with Gasteiger partial charge in [0.1, 0.15) is 5.69 Å². The largest absolute Gasteiger partial charge is 0.329 e. The maximum atomic E-state index is 12.4. The zero-order chi connectivity index (χ0) is 12.4. The summed E-state index contributed by atoms with van der Waals surface area (Å²) in [5, 5.41) is 8.76. The summed E-state index contributed by atoms with van der Waals surface area (Å²) in [7, 11) is 0. The molecule has 0 aliphatic carbocycles. The molecule has 0 spiro atoms. The molecular formula is C12H14N4OS. The molecule has 18 heavy (non-hydrogen) atoms. The number of hydrogen-bond donors (Lipinski definition) is 1. The van der Waals surface area contributed by atoms with Crippen LogP contribution in [0.3, 0.4) is 0 Å². The number of H-pyrrole nitrogens is 1. The molecule has 2 aromatic rings. The summed E-state index contributed by atoms with van der Waals surface area (Å²) in [6.45, 7) is 0.792. The molecule has 1 amide bonds. The average Bonchev–Trinajstić information content (AvgIpc) is 3.11. The van der Waals surface area contributed by atoms with Crippen LogP contribution in [0, 0.1) is 0 Å². The fourth-order valence-corrected chi connectivity index (χ4v) is 2.94. The number of carbonyl (C=O) groups excluding carboxylic acids is 1. The summed E-state index contributed by atoms with van der Waals surface area (Å²) in [4.78, 5) is 18.4. The summed E-state index contributed by atoms with van der Waals surface area (Å²) in [5.41, 5.74) is 3.26. The Bertz CT molecular complexity index is 508. The van der Waals surface area contributed by atoms with E-state index in [2.05, 4.69) is 15.2 Å². The smallest absolute Gasteiger partial charge is 0.273 e. The van der Waals surface area contributed by atoms with Gasteiger partial charge in [0.25, 0.3) is 5.91 Å². The van der Waals surface area contributed by atoms with Crippen molar-refractivity contribution in [3.63, 3.8) is 0 Å². The highest BCUT2D eigenvalue weighted by Crippen LogP contribution is 2.30. The molecule has 1 unspecified atom stereocenters. The Labute approximate surface area is 109 Å². The van der Waals surface area contributed by atoms with Crippen LogP contribution in [0.2, 0.25) is 0 Å². The second-order valence-corrected chi connectivity index (χ2v) is 5.11. The highest BCUT2D eigenvalue weighted by Gasteiger charge is 2.30. The monoisotopic (exact) mass is 262 g/mol. The van der Waals surface area contributed by atoms with Gasteiger partial charge in [-0.05, 0) is 25.3 Å². The van der Waals surface area contributed by atoms with Crippen LogP contribution in [0.25, 0.3) is 0 Å². The molecule has 1 atom stereocenters. The van der Waals surface area contributed by atoms with Crippen molar-refractivity contribution in [3.05, 3.63) is 34.5 Å². The minimum atomic E-state index is 0.0237. The van der Waals surface area contributed by atoms with E-state index in [-0.39, 0.29) is 11.9 Å². The number of rotatable bonds is 2. The molecule has 5 nitrogen and oxygen atoms in total. The van der Waals surface area contributed by atoms with Gasteiger partial charge >= 0.3 is 0 Å². The number of thiazole rings is 1. The van der Waals surface area contributed by atoms with Gasteiger partial charge in [-0.2, -0.15) is 5.10 Å². The van der Waals surface area contributed by atoms with Gasteiger partial charge < -0.3 is 4.90 Å². The summed E-state index contributed by atoms with van der Waals surface area (Å²) in [6, 6.07) is 2.05. The first kappa shape index (κ1) is 11.4. The van der Waals surface area contributed by atoms with Gasteiger partial charge in [-0.15, -0.1) is 11.3 Å². The lowest BCUT2D eigenvalue weighted by molar-refractivity contribution is 0.0601. The van der Waals surface area contributed by atoms with Gasteiger partial charge in [-0.3, -0.25) is 9.89 Å². The van der Waals surface area contributed by atoms with Gasteiger partial charge in [-0.1, -0.05) is 0 Å². The Kier molecular flexibility index (Phi) is 3.10. The van der Waals surface area contributed by atoms with E-state index in [0.717, 1.165) is 31.5 Å². The number of nitrogens with zero attached hydrogens (tertiary/aromatic N) is 3. The molecule has 0 radical (unpaired) electrons. The molecular weight excluding hydrogens is 248 g/mol. The first-order valence-corrected chi connectivity index (χ1v) is 6.99. The van der Waals surface area contributed by atoms with E-state index in [1.165, 1.54) is 11.3 Å². The van der Waals surface area contributed by atoms with Crippen molar-refractivity contribution < 1.29 is 4.79 Å². The van der Waals surface area contributed by atoms with E-state index in [1.54, 1.807) is 17.1 Å². The van der Waals surface area contributed by atoms with Crippen molar-refractivity contribution in [2.45, 2.75) is 25.3 Å².